The molecule has 1 fully saturated rings. The number of hydrogen-bond donors (Lipinski definition) is 0. The van der Waals surface area contributed by atoms with Crippen molar-refractivity contribution in [2.45, 2.75) is 45.8 Å². The Morgan fingerprint density at radius 3 is 2.25 bits per heavy atom. The lowest BCUT2D eigenvalue weighted by atomic mass is 9.79. The Bertz CT molecular complexity index is 503. The molecule has 0 amide bonds. The predicted molar refractivity (Wildman–Crippen MR) is 78.3 cm³/mol. The van der Waals surface area contributed by atoms with E-state index in [1.165, 1.54) is 6.07 Å². The fourth-order valence-corrected chi connectivity index (χ4v) is 2.18. The molecule has 1 aromatic carbocycles. The number of benzene rings is 1. The molecule has 0 radical (unpaired) electrons. The second kappa shape index (κ2) is 5.21. The molecule has 0 saturated carbocycles. The Labute approximate surface area is 124 Å². The molecule has 0 bridgehead atoms. The zero-order valence-corrected chi connectivity index (χ0v) is 13.2. The second-order valence-corrected chi connectivity index (χ2v) is 6.24. The Hall–Kier alpha value is -0.775. The van der Waals surface area contributed by atoms with E-state index < -0.39 is 24.1 Å². The van der Waals surface area contributed by atoms with Crippen LogP contribution >= 0.6 is 11.6 Å². The van der Waals surface area contributed by atoms with Gasteiger partial charge in [-0.05, 0) is 52.2 Å². The van der Waals surface area contributed by atoms with Crippen molar-refractivity contribution in [1.29, 1.82) is 0 Å². The van der Waals surface area contributed by atoms with Crippen LogP contribution in [0.1, 0.15) is 34.6 Å². The average Bonchev–Trinajstić information content (AvgIpc) is 2.54. The van der Waals surface area contributed by atoms with Crippen LogP contribution in [0.15, 0.2) is 12.1 Å². The minimum Gasteiger partial charge on any atom is -0.491 e. The number of rotatable bonds is 3. The topological polar surface area (TPSA) is 27.7 Å². The molecular formula is C14H19BClFO3. The number of halogens is 2. The number of hydrogen-bond acceptors (Lipinski definition) is 3. The van der Waals surface area contributed by atoms with E-state index in [9.17, 15) is 4.39 Å². The summed E-state index contributed by atoms with van der Waals surface area (Å²) in [4.78, 5) is 0. The lowest BCUT2D eigenvalue weighted by molar-refractivity contribution is 0.00578. The van der Waals surface area contributed by atoms with Gasteiger partial charge in [-0.1, -0.05) is 11.6 Å². The first kappa shape index (κ1) is 15.6. The Morgan fingerprint density at radius 1 is 1.20 bits per heavy atom. The van der Waals surface area contributed by atoms with Crippen LogP contribution in [0.5, 0.6) is 5.75 Å². The van der Waals surface area contributed by atoms with Crippen LogP contribution in [0.4, 0.5) is 4.39 Å². The van der Waals surface area contributed by atoms with Crippen LogP contribution in [0, 0.1) is 5.82 Å². The summed E-state index contributed by atoms with van der Waals surface area (Å²) in [6.45, 7) is 9.99. The molecule has 1 aromatic rings. The van der Waals surface area contributed by atoms with Crippen molar-refractivity contribution in [2.75, 3.05) is 6.61 Å². The lowest BCUT2D eigenvalue weighted by Crippen LogP contribution is -2.41. The van der Waals surface area contributed by atoms with Crippen LogP contribution in [-0.4, -0.2) is 24.9 Å². The molecule has 1 heterocycles. The van der Waals surface area contributed by atoms with E-state index in [4.69, 9.17) is 25.6 Å². The fourth-order valence-electron chi connectivity index (χ4n) is 1.96. The van der Waals surface area contributed by atoms with Crippen molar-refractivity contribution in [3.05, 3.63) is 23.0 Å². The van der Waals surface area contributed by atoms with E-state index >= 15 is 0 Å². The summed E-state index contributed by atoms with van der Waals surface area (Å²) in [6, 6.07) is 3.09. The van der Waals surface area contributed by atoms with E-state index in [2.05, 4.69) is 0 Å². The van der Waals surface area contributed by atoms with Crippen molar-refractivity contribution in [3.8, 4) is 5.75 Å². The van der Waals surface area contributed by atoms with Gasteiger partial charge in [-0.2, -0.15) is 0 Å². The summed E-state index contributed by atoms with van der Waals surface area (Å²) < 4.78 is 30.9. The highest BCUT2D eigenvalue weighted by atomic mass is 35.5. The van der Waals surface area contributed by atoms with Gasteiger partial charge in [-0.15, -0.1) is 0 Å². The molecule has 1 aliphatic rings. The molecule has 0 spiro atoms. The SMILES string of the molecule is CCOc1cc(B2OC(C)(C)C(C)(C)O2)cc(Cl)c1F. The van der Waals surface area contributed by atoms with Gasteiger partial charge in [-0.3, -0.25) is 0 Å². The van der Waals surface area contributed by atoms with Crippen molar-refractivity contribution >= 4 is 24.2 Å². The zero-order valence-electron chi connectivity index (χ0n) is 12.4. The monoisotopic (exact) mass is 300 g/mol. The average molecular weight is 301 g/mol. The van der Waals surface area contributed by atoms with Gasteiger partial charge in [0.15, 0.2) is 11.6 Å². The van der Waals surface area contributed by atoms with E-state index in [1.807, 2.05) is 27.7 Å². The molecule has 3 nitrogen and oxygen atoms in total. The third-order valence-corrected chi connectivity index (χ3v) is 4.12. The van der Waals surface area contributed by atoms with Gasteiger partial charge in [0.2, 0.25) is 0 Å². The highest BCUT2D eigenvalue weighted by Crippen LogP contribution is 2.37. The van der Waals surface area contributed by atoms with Gasteiger partial charge in [0.05, 0.1) is 22.8 Å². The Kier molecular flexibility index (Phi) is 4.06. The minimum absolute atomic E-state index is 0.000613. The molecule has 0 aliphatic carbocycles. The maximum absolute atomic E-state index is 13.8. The van der Waals surface area contributed by atoms with Crippen molar-refractivity contribution in [1.82, 2.24) is 0 Å². The summed E-state index contributed by atoms with van der Waals surface area (Å²) in [6.07, 6.45) is 0. The molecule has 0 aromatic heterocycles. The molecule has 110 valence electrons. The highest BCUT2D eigenvalue weighted by molar-refractivity contribution is 6.62. The van der Waals surface area contributed by atoms with Crippen molar-refractivity contribution < 1.29 is 18.4 Å². The first-order valence-electron chi connectivity index (χ1n) is 6.65. The maximum Gasteiger partial charge on any atom is 0.495 e. The van der Waals surface area contributed by atoms with Crippen molar-refractivity contribution in [2.24, 2.45) is 0 Å². The molecule has 1 aliphatic heterocycles. The summed E-state index contributed by atoms with van der Waals surface area (Å²) >= 11 is 5.91. The standard InChI is InChI=1S/C14H19BClFO3/c1-6-18-11-8-9(7-10(16)12(11)17)15-19-13(2,3)14(4,5)20-15/h7-8H,6H2,1-5H3. The summed E-state index contributed by atoms with van der Waals surface area (Å²) in [7, 11) is -0.586. The maximum atomic E-state index is 13.8. The highest BCUT2D eigenvalue weighted by Gasteiger charge is 2.51. The summed E-state index contributed by atoms with van der Waals surface area (Å²) in [5.41, 5.74) is -0.257. The van der Waals surface area contributed by atoms with Crippen molar-refractivity contribution in [3.63, 3.8) is 0 Å². The van der Waals surface area contributed by atoms with Gasteiger partial charge in [-0.25, -0.2) is 4.39 Å². The van der Waals surface area contributed by atoms with Gasteiger partial charge in [0.1, 0.15) is 0 Å². The normalized spacial score (nSPS) is 20.2. The first-order valence-corrected chi connectivity index (χ1v) is 7.03. The molecule has 2 rings (SSSR count). The Balaban J connectivity index is 2.35. The van der Waals surface area contributed by atoms with E-state index in [1.54, 1.807) is 13.0 Å². The molecule has 20 heavy (non-hydrogen) atoms. The summed E-state index contributed by atoms with van der Waals surface area (Å²) in [5.74, 6) is -0.446. The van der Waals surface area contributed by atoms with Crippen LogP contribution in [0.3, 0.4) is 0 Å². The van der Waals surface area contributed by atoms with Crippen LogP contribution in [0.25, 0.3) is 0 Å². The van der Waals surface area contributed by atoms with Gasteiger partial charge in [0.25, 0.3) is 0 Å². The van der Waals surface area contributed by atoms with E-state index in [0.717, 1.165) is 0 Å². The lowest BCUT2D eigenvalue weighted by Gasteiger charge is -2.32. The zero-order chi connectivity index (χ0) is 15.1. The largest absolute Gasteiger partial charge is 0.495 e. The van der Waals surface area contributed by atoms with Gasteiger partial charge in [0, 0.05) is 0 Å². The molecule has 0 N–H and O–H groups in total. The van der Waals surface area contributed by atoms with E-state index in [-0.39, 0.29) is 10.8 Å². The summed E-state index contributed by atoms with van der Waals surface area (Å²) in [5, 5.41) is 0.000613. The molecule has 6 heteroatoms. The third kappa shape index (κ3) is 2.67. The van der Waals surface area contributed by atoms with Crippen LogP contribution < -0.4 is 10.2 Å². The molecular weight excluding hydrogens is 281 g/mol. The third-order valence-electron chi connectivity index (χ3n) is 3.84. The second-order valence-electron chi connectivity index (χ2n) is 5.84. The molecule has 1 saturated heterocycles. The van der Waals surface area contributed by atoms with Crippen LogP contribution in [-0.2, 0) is 9.31 Å². The fraction of sp³-hybridized carbons (Fsp3) is 0.571. The first-order chi connectivity index (χ1) is 9.18. The quantitative estimate of drug-likeness (QED) is 0.803. The Morgan fingerprint density at radius 2 is 1.75 bits per heavy atom. The van der Waals surface area contributed by atoms with Gasteiger partial charge < -0.3 is 14.0 Å². The molecule has 0 atom stereocenters. The number of ether oxygens (including phenoxy) is 1. The molecule has 0 unspecified atom stereocenters. The van der Waals surface area contributed by atoms with E-state index in [0.29, 0.717) is 12.1 Å². The van der Waals surface area contributed by atoms with Gasteiger partial charge >= 0.3 is 7.12 Å². The smallest absolute Gasteiger partial charge is 0.491 e. The predicted octanol–water partition coefficient (Wildman–Crippen LogP) is 3.18. The minimum atomic E-state index is -0.586. The van der Waals surface area contributed by atoms with Crippen LogP contribution in [0.2, 0.25) is 5.02 Å².